The van der Waals surface area contributed by atoms with Crippen LogP contribution in [0.3, 0.4) is 0 Å². The Bertz CT molecular complexity index is 542. The largest absolute Gasteiger partial charge is 0.497 e. The Labute approximate surface area is 122 Å². The van der Waals surface area contributed by atoms with Crippen molar-refractivity contribution in [2.45, 2.75) is 12.3 Å². The van der Waals surface area contributed by atoms with Crippen molar-refractivity contribution >= 4 is 15.9 Å². The van der Waals surface area contributed by atoms with Gasteiger partial charge in [-0.15, -0.1) is 0 Å². The SMILES string of the molecule is COc1cccc(C(CN)Cc2cccc(Br)c2)c1. The molecule has 2 rings (SSSR count). The summed E-state index contributed by atoms with van der Waals surface area (Å²) in [5, 5.41) is 0. The van der Waals surface area contributed by atoms with Gasteiger partial charge in [0.05, 0.1) is 7.11 Å². The minimum atomic E-state index is 0.310. The fourth-order valence-electron chi connectivity index (χ4n) is 2.18. The van der Waals surface area contributed by atoms with Gasteiger partial charge in [0, 0.05) is 10.4 Å². The molecule has 2 N–H and O–H groups in total. The molecule has 0 bridgehead atoms. The number of methoxy groups -OCH3 is 1. The van der Waals surface area contributed by atoms with Crippen LogP contribution in [0.1, 0.15) is 17.0 Å². The molecule has 0 amide bonds. The van der Waals surface area contributed by atoms with Gasteiger partial charge >= 0.3 is 0 Å². The van der Waals surface area contributed by atoms with Gasteiger partial charge < -0.3 is 10.5 Å². The van der Waals surface area contributed by atoms with Crippen molar-refractivity contribution in [2.24, 2.45) is 5.73 Å². The zero-order valence-corrected chi connectivity index (χ0v) is 12.6. The van der Waals surface area contributed by atoms with Crippen LogP contribution >= 0.6 is 15.9 Å². The molecule has 0 fully saturated rings. The first-order chi connectivity index (χ1) is 9.22. The minimum absolute atomic E-state index is 0.310. The molecule has 2 nitrogen and oxygen atoms in total. The van der Waals surface area contributed by atoms with E-state index in [2.05, 4.69) is 46.3 Å². The standard InChI is InChI=1S/C16H18BrNO/c1-19-16-7-3-5-13(10-16)14(11-18)8-12-4-2-6-15(17)9-12/h2-7,9-10,14H,8,11,18H2,1H3. The quantitative estimate of drug-likeness (QED) is 0.911. The van der Waals surface area contributed by atoms with Crippen molar-refractivity contribution in [3.63, 3.8) is 0 Å². The van der Waals surface area contributed by atoms with Crippen molar-refractivity contribution in [2.75, 3.05) is 13.7 Å². The Balaban J connectivity index is 2.19. The number of hydrogen-bond acceptors (Lipinski definition) is 2. The average Bonchev–Trinajstić information content (AvgIpc) is 2.45. The molecule has 0 heterocycles. The second-order valence-corrected chi connectivity index (χ2v) is 5.46. The summed E-state index contributed by atoms with van der Waals surface area (Å²) in [6.45, 7) is 0.625. The van der Waals surface area contributed by atoms with Crippen LogP contribution in [0.15, 0.2) is 53.0 Å². The Morgan fingerprint density at radius 1 is 1.16 bits per heavy atom. The molecule has 0 aliphatic carbocycles. The molecule has 19 heavy (non-hydrogen) atoms. The van der Waals surface area contributed by atoms with Gasteiger partial charge in [-0.05, 0) is 48.4 Å². The highest BCUT2D eigenvalue weighted by Crippen LogP contribution is 2.24. The predicted molar refractivity (Wildman–Crippen MR) is 82.6 cm³/mol. The summed E-state index contributed by atoms with van der Waals surface area (Å²) in [6, 6.07) is 16.5. The van der Waals surface area contributed by atoms with Crippen molar-refractivity contribution in [3.8, 4) is 5.75 Å². The molecular formula is C16H18BrNO. The molecule has 2 aromatic carbocycles. The van der Waals surface area contributed by atoms with E-state index >= 15 is 0 Å². The average molecular weight is 320 g/mol. The highest BCUT2D eigenvalue weighted by Gasteiger charge is 2.11. The number of halogens is 1. The Morgan fingerprint density at radius 3 is 2.63 bits per heavy atom. The van der Waals surface area contributed by atoms with Gasteiger partial charge in [-0.3, -0.25) is 0 Å². The molecule has 0 aliphatic heterocycles. The lowest BCUT2D eigenvalue weighted by atomic mass is 9.92. The maximum atomic E-state index is 5.93. The highest BCUT2D eigenvalue weighted by molar-refractivity contribution is 9.10. The maximum absolute atomic E-state index is 5.93. The van der Waals surface area contributed by atoms with Gasteiger partial charge in [-0.25, -0.2) is 0 Å². The van der Waals surface area contributed by atoms with Gasteiger partial charge in [0.25, 0.3) is 0 Å². The lowest BCUT2D eigenvalue weighted by molar-refractivity contribution is 0.413. The second-order valence-electron chi connectivity index (χ2n) is 4.54. The van der Waals surface area contributed by atoms with E-state index in [0.29, 0.717) is 12.5 Å². The number of nitrogens with two attached hydrogens (primary N) is 1. The van der Waals surface area contributed by atoms with Crippen LogP contribution in [0.5, 0.6) is 5.75 Å². The number of ether oxygens (including phenoxy) is 1. The van der Waals surface area contributed by atoms with Gasteiger partial charge in [0.1, 0.15) is 5.75 Å². The van der Waals surface area contributed by atoms with Crippen LogP contribution in [0.2, 0.25) is 0 Å². The lowest BCUT2D eigenvalue weighted by Gasteiger charge is -2.16. The summed E-state index contributed by atoms with van der Waals surface area (Å²) in [5.41, 5.74) is 8.44. The topological polar surface area (TPSA) is 35.2 Å². The van der Waals surface area contributed by atoms with Crippen molar-refractivity contribution < 1.29 is 4.74 Å². The molecule has 0 saturated carbocycles. The fraction of sp³-hybridized carbons (Fsp3) is 0.250. The van der Waals surface area contributed by atoms with Crippen molar-refractivity contribution in [1.82, 2.24) is 0 Å². The first-order valence-electron chi connectivity index (χ1n) is 6.31. The smallest absolute Gasteiger partial charge is 0.119 e. The van der Waals surface area contributed by atoms with Crippen LogP contribution < -0.4 is 10.5 Å². The molecule has 3 heteroatoms. The van der Waals surface area contributed by atoms with E-state index in [-0.39, 0.29) is 0 Å². The van der Waals surface area contributed by atoms with E-state index < -0.39 is 0 Å². The zero-order valence-electron chi connectivity index (χ0n) is 11.0. The first kappa shape index (κ1) is 14.1. The number of rotatable bonds is 5. The van der Waals surface area contributed by atoms with Gasteiger partial charge in [-0.1, -0.05) is 40.2 Å². The molecule has 100 valence electrons. The third kappa shape index (κ3) is 3.82. The van der Waals surface area contributed by atoms with Gasteiger partial charge in [-0.2, -0.15) is 0 Å². The lowest BCUT2D eigenvalue weighted by Crippen LogP contribution is -2.15. The molecule has 0 saturated heterocycles. The van der Waals surface area contributed by atoms with Crippen LogP contribution in [-0.4, -0.2) is 13.7 Å². The summed E-state index contributed by atoms with van der Waals surface area (Å²) in [6.07, 6.45) is 0.934. The van der Waals surface area contributed by atoms with Crippen LogP contribution in [-0.2, 0) is 6.42 Å². The zero-order chi connectivity index (χ0) is 13.7. The summed E-state index contributed by atoms with van der Waals surface area (Å²) in [5.74, 6) is 1.19. The third-order valence-electron chi connectivity index (χ3n) is 3.22. The van der Waals surface area contributed by atoms with Crippen LogP contribution in [0, 0.1) is 0 Å². The molecule has 0 aliphatic rings. The van der Waals surface area contributed by atoms with E-state index in [0.717, 1.165) is 16.6 Å². The highest BCUT2D eigenvalue weighted by atomic mass is 79.9. The normalized spacial score (nSPS) is 12.2. The van der Waals surface area contributed by atoms with Crippen LogP contribution in [0.4, 0.5) is 0 Å². The summed E-state index contributed by atoms with van der Waals surface area (Å²) < 4.78 is 6.37. The molecule has 2 aromatic rings. The third-order valence-corrected chi connectivity index (χ3v) is 3.71. The van der Waals surface area contributed by atoms with E-state index in [4.69, 9.17) is 10.5 Å². The van der Waals surface area contributed by atoms with Gasteiger partial charge in [0.2, 0.25) is 0 Å². The van der Waals surface area contributed by atoms with E-state index in [1.165, 1.54) is 11.1 Å². The number of hydrogen-bond donors (Lipinski definition) is 1. The van der Waals surface area contributed by atoms with Gasteiger partial charge in [0.15, 0.2) is 0 Å². The second kappa shape index (κ2) is 6.73. The summed E-state index contributed by atoms with van der Waals surface area (Å²) in [4.78, 5) is 0. The molecular weight excluding hydrogens is 302 g/mol. The first-order valence-corrected chi connectivity index (χ1v) is 7.10. The Morgan fingerprint density at radius 2 is 1.95 bits per heavy atom. The molecule has 0 spiro atoms. The van der Waals surface area contributed by atoms with E-state index in [9.17, 15) is 0 Å². The minimum Gasteiger partial charge on any atom is -0.497 e. The van der Waals surface area contributed by atoms with Crippen molar-refractivity contribution in [1.29, 1.82) is 0 Å². The fourth-order valence-corrected chi connectivity index (χ4v) is 2.63. The van der Waals surface area contributed by atoms with Crippen LogP contribution in [0.25, 0.3) is 0 Å². The number of benzene rings is 2. The monoisotopic (exact) mass is 319 g/mol. The molecule has 0 radical (unpaired) electrons. The summed E-state index contributed by atoms with van der Waals surface area (Å²) >= 11 is 3.50. The summed E-state index contributed by atoms with van der Waals surface area (Å²) in [7, 11) is 1.69. The maximum Gasteiger partial charge on any atom is 0.119 e. The molecule has 1 unspecified atom stereocenters. The Hall–Kier alpha value is -1.32. The van der Waals surface area contributed by atoms with Crippen molar-refractivity contribution in [3.05, 3.63) is 64.1 Å². The van der Waals surface area contributed by atoms with E-state index in [1.54, 1.807) is 7.11 Å². The molecule has 0 aromatic heterocycles. The predicted octanol–water partition coefficient (Wildman–Crippen LogP) is 3.74. The molecule has 1 atom stereocenters. The Kier molecular flexibility index (Phi) is 5.00. The van der Waals surface area contributed by atoms with E-state index in [1.807, 2.05) is 18.2 Å².